The Hall–Kier alpha value is -3.42. The minimum Gasteiger partial charge on any atom is -0.336 e. The van der Waals surface area contributed by atoms with Gasteiger partial charge in [-0.25, -0.2) is 14.8 Å². The molecule has 0 bridgehead atoms. The van der Waals surface area contributed by atoms with Crippen LogP contribution in [0.15, 0.2) is 42.9 Å². The van der Waals surface area contributed by atoms with Crippen molar-refractivity contribution in [2.45, 2.75) is 13.5 Å². The molecular formula is C18H19N7O. The summed E-state index contributed by atoms with van der Waals surface area (Å²) < 4.78 is 3.74. The van der Waals surface area contributed by atoms with Crippen molar-refractivity contribution in [3.63, 3.8) is 0 Å². The number of aryl methyl sites for hydroxylation is 2. The van der Waals surface area contributed by atoms with Crippen LogP contribution in [0.4, 0.5) is 10.5 Å². The molecule has 8 heteroatoms. The van der Waals surface area contributed by atoms with Crippen LogP contribution in [0.25, 0.3) is 22.1 Å². The Morgan fingerprint density at radius 2 is 2.08 bits per heavy atom. The molecule has 1 aromatic carbocycles. The second-order valence-corrected chi connectivity index (χ2v) is 6.11. The van der Waals surface area contributed by atoms with Gasteiger partial charge in [-0.1, -0.05) is 12.1 Å². The third-order valence-electron chi connectivity index (χ3n) is 4.29. The summed E-state index contributed by atoms with van der Waals surface area (Å²) in [4.78, 5) is 20.8. The molecule has 4 aromatic rings. The van der Waals surface area contributed by atoms with E-state index in [9.17, 15) is 4.79 Å². The average Bonchev–Trinajstić information content (AvgIpc) is 3.16. The summed E-state index contributed by atoms with van der Waals surface area (Å²) in [5.74, 6) is 0. The van der Waals surface area contributed by atoms with E-state index in [0.29, 0.717) is 18.8 Å². The van der Waals surface area contributed by atoms with Crippen molar-refractivity contribution in [2.24, 2.45) is 7.05 Å². The van der Waals surface area contributed by atoms with E-state index in [-0.39, 0.29) is 6.03 Å². The lowest BCUT2D eigenvalue weighted by atomic mass is 10.2. The van der Waals surface area contributed by atoms with Gasteiger partial charge in [0.25, 0.3) is 0 Å². The Morgan fingerprint density at radius 1 is 1.23 bits per heavy atom. The minimum atomic E-state index is -0.267. The number of aromatic nitrogens is 5. The van der Waals surface area contributed by atoms with Gasteiger partial charge in [0.05, 0.1) is 34.9 Å². The number of nitrogens with zero attached hydrogens (tertiary/aromatic N) is 5. The van der Waals surface area contributed by atoms with Crippen LogP contribution in [-0.4, -0.2) is 36.9 Å². The van der Waals surface area contributed by atoms with Crippen molar-refractivity contribution in [3.05, 3.63) is 48.5 Å². The van der Waals surface area contributed by atoms with E-state index in [4.69, 9.17) is 0 Å². The normalized spacial score (nSPS) is 11.2. The zero-order chi connectivity index (χ0) is 18.1. The number of benzene rings is 1. The van der Waals surface area contributed by atoms with E-state index in [0.717, 1.165) is 27.8 Å². The van der Waals surface area contributed by atoms with Crippen LogP contribution >= 0.6 is 0 Å². The maximum Gasteiger partial charge on any atom is 0.319 e. The number of fused-ring (bicyclic) bond motifs is 2. The highest BCUT2D eigenvalue weighted by Crippen LogP contribution is 2.19. The molecule has 2 N–H and O–H groups in total. The van der Waals surface area contributed by atoms with E-state index in [1.54, 1.807) is 17.2 Å². The van der Waals surface area contributed by atoms with Gasteiger partial charge in [-0.05, 0) is 25.1 Å². The quantitative estimate of drug-likeness (QED) is 0.592. The first-order valence-corrected chi connectivity index (χ1v) is 8.36. The standard InChI is InChI=1S/C18H19N7O/c1-12-14-9-13(10-20-17(14)24(2)23-12)22-18(26)19-7-8-25-11-21-15-5-3-4-6-16(15)25/h3-6,9-11H,7-8H2,1-2H3,(H2,19,22,26). The van der Waals surface area contributed by atoms with E-state index < -0.39 is 0 Å². The highest BCUT2D eigenvalue weighted by atomic mass is 16.2. The van der Waals surface area contributed by atoms with Gasteiger partial charge in [0.15, 0.2) is 5.65 Å². The molecule has 4 rings (SSSR count). The number of amides is 2. The number of hydrogen-bond acceptors (Lipinski definition) is 4. The van der Waals surface area contributed by atoms with Gasteiger partial charge in [0.1, 0.15) is 0 Å². The molecule has 0 aliphatic carbocycles. The Labute approximate surface area is 149 Å². The molecule has 0 aliphatic rings. The molecule has 0 saturated carbocycles. The van der Waals surface area contributed by atoms with Crippen molar-refractivity contribution in [3.8, 4) is 0 Å². The number of anilines is 1. The van der Waals surface area contributed by atoms with Crippen LogP contribution in [0.3, 0.4) is 0 Å². The van der Waals surface area contributed by atoms with Gasteiger partial charge in [0, 0.05) is 25.5 Å². The molecule has 8 nitrogen and oxygen atoms in total. The lowest BCUT2D eigenvalue weighted by molar-refractivity contribution is 0.251. The van der Waals surface area contributed by atoms with Crippen molar-refractivity contribution in [1.82, 2.24) is 29.6 Å². The third kappa shape index (κ3) is 2.97. The molecule has 0 spiro atoms. The lowest BCUT2D eigenvalue weighted by Gasteiger charge is -2.08. The summed E-state index contributed by atoms with van der Waals surface area (Å²) in [6.07, 6.45) is 3.42. The predicted molar refractivity (Wildman–Crippen MR) is 100 cm³/mol. The third-order valence-corrected chi connectivity index (χ3v) is 4.29. The molecule has 0 radical (unpaired) electrons. The molecular weight excluding hydrogens is 330 g/mol. The summed E-state index contributed by atoms with van der Waals surface area (Å²) in [5, 5.41) is 10.9. The molecule has 0 unspecified atom stereocenters. The number of nitrogens with one attached hydrogen (secondary N) is 2. The number of hydrogen-bond donors (Lipinski definition) is 2. The average molecular weight is 349 g/mol. The fourth-order valence-corrected chi connectivity index (χ4v) is 3.03. The van der Waals surface area contributed by atoms with Crippen molar-refractivity contribution in [1.29, 1.82) is 0 Å². The second-order valence-electron chi connectivity index (χ2n) is 6.11. The van der Waals surface area contributed by atoms with E-state index in [1.807, 2.05) is 48.9 Å². The number of para-hydroxylation sites is 2. The summed E-state index contributed by atoms with van der Waals surface area (Å²) >= 11 is 0. The van der Waals surface area contributed by atoms with E-state index in [1.165, 1.54) is 0 Å². The number of pyridine rings is 1. The molecule has 2 amide bonds. The molecule has 132 valence electrons. The van der Waals surface area contributed by atoms with Crippen LogP contribution < -0.4 is 10.6 Å². The smallest absolute Gasteiger partial charge is 0.319 e. The van der Waals surface area contributed by atoms with Gasteiger partial charge in [-0.2, -0.15) is 5.10 Å². The lowest BCUT2D eigenvalue weighted by Crippen LogP contribution is -2.31. The number of rotatable bonds is 4. The molecule has 0 saturated heterocycles. The Bertz CT molecular complexity index is 1100. The number of carbonyl (C=O) groups is 1. The van der Waals surface area contributed by atoms with Gasteiger partial charge in [-0.15, -0.1) is 0 Å². The van der Waals surface area contributed by atoms with E-state index >= 15 is 0 Å². The molecule has 26 heavy (non-hydrogen) atoms. The van der Waals surface area contributed by atoms with Crippen LogP contribution in [0.1, 0.15) is 5.69 Å². The summed E-state index contributed by atoms with van der Waals surface area (Å²) in [6.45, 7) is 3.06. The van der Waals surface area contributed by atoms with Crippen LogP contribution in [-0.2, 0) is 13.6 Å². The van der Waals surface area contributed by atoms with Gasteiger partial charge < -0.3 is 15.2 Å². The van der Waals surface area contributed by atoms with Crippen molar-refractivity contribution >= 4 is 33.8 Å². The Kier molecular flexibility index (Phi) is 4.00. The molecule has 0 atom stereocenters. The zero-order valence-corrected chi connectivity index (χ0v) is 14.6. The van der Waals surface area contributed by atoms with E-state index in [2.05, 4.69) is 25.7 Å². The Balaban J connectivity index is 1.37. The highest BCUT2D eigenvalue weighted by molar-refractivity contribution is 5.92. The first kappa shape index (κ1) is 16.1. The van der Waals surface area contributed by atoms with Gasteiger partial charge in [0.2, 0.25) is 0 Å². The highest BCUT2D eigenvalue weighted by Gasteiger charge is 2.09. The summed E-state index contributed by atoms with van der Waals surface area (Å²) in [5.41, 5.74) is 4.31. The molecule has 3 aromatic heterocycles. The number of carbonyl (C=O) groups excluding carboxylic acids is 1. The van der Waals surface area contributed by atoms with Gasteiger partial charge >= 0.3 is 6.03 Å². The summed E-state index contributed by atoms with van der Waals surface area (Å²) in [7, 11) is 1.85. The number of imidazole rings is 1. The SMILES string of the molecule is Cc1nn(C)c2ncc(NC(=O)NCCn3cnc4ccccc43)cc12. The van der Waals surface area contributed by atoms with Crippen LogP contribution in [0.2, 0.25) is 0 Å². The van der Waals surface area contributed by atoms with Gasteiger partial charge in [-0.3, -0.25) is 4.68 Å². The fourth-order valence-electron chi connectivity index (χ4n) is 3.03. The fraction of sp³-hybridized carbons (Fsp3) is 0.222. The first-order chi connectivity index (χ1) is 12.6. The predicted octanol–water partition coefficient (Wildman–Crippen LogP) is 2.45. The first-order valence-electron chi connectivity index (χ1n) is 8.36. The monoisotopic (exact) mass is 349 g/mol. The maximum absolute atomic E-state index is 12.1. The van der Waals surface area contributed by atoms with Crippen molar-refractivity contribution < 1.29 is 4.79 Å². The zero-order valence-electron chi connectivity index (χ0n) is 14.6. The van der Waals surface area contributed by atoms with Crippen molar-refractivity contribution in [2.75, 3.05) is 11.9 Å². The summed E-state index contributed by atoms with van der Waals surface area (Å²) in [6, 6.07) is 9.53. The topological polar surface area (TPSA) is 89.7 Å². The minimum absolute atomic E-state index is 0.267. The van der Waals surface area contributed by atoms with Crippen LogP contribution in [0, 0.1) is 6.92 Å². The maximum atomic E-state index is 12.1. The largest absolute Gasteiger partial charge is 0.336 e. The second kappa shape index (κ2) is 6.47. The van der Waals surface area contributed by atoms with Crippen LogP contribution in [0.5, 0.6) is 0 Å². The molecule has 0 aliphatic heterocycles. The number of urea groups is 1. The molecule has 0 fully saturated rings. The molecule has 3 heterocycles. The Morgan fingerprint density at radius 3 is 2.96 bits per heavy atom.